The third-order valence-electron chi connectivity index (χ3n) is 4.30. The molecule has 1 amide bonds. The van der Waals surface area contributed by atoms with Crippen LogP contribution in [0.4, 0.5) is 4.39 Å². The first-order valence-electron chi connectivity index (χ1n) is 8.17. The summed E-state index contributed by atoms with van der Waals surface area (Å²) in [4.78, 5) is 16.2. The van der Waals surface area contributed by atoms with Gasteiger partial charge < -0.3 is 4.74 Å². The van der Waals surface area contributed by atoms with Crippen LogP contribution in [-0.4, -0.2) is 16.8 Å². The normalized spacial score (nSPS) is 15.4. The van der Waals surface area contributed by atoms with Gasteiger partial charge in [0, 0.05) is 23.1 Å². The van der Waals surface area contributed by atoms with E-state index in [-0.39, 0.29) is 11.1 Å². The van der Waals surface area contributed by atoms with E-state index in [1.807, 2.05) is 36.4 Å². The first-order chi connectivity index (χ1) is 12.7. The maximum atomic E-state index is 14.8. The van der Waals surface area contributed by atoms with Gasteiger partial charge in [0.2, 0.25) is 0 Å². The SMILES string of the molecule is O=C(NO)c1ccc(C2=NC3=C(CCC=C3)Oc3ccccc32)c(F)c1. The number of amides is 1. The van der Waals surface area contributed by atoms with E-state index >= 15 is 0 Å². The van der Waals surface area contributed by atoms with Gasteiger partial charge in [-0.2, -0.15) is 0 Å². The number of rotatable bonds is 2. The molecule has 0 saturated heterocycles. The fraction of sp³-hybridized carbons (Fsp3) is 0.100. The van der Waals surface area contributed by atoms with Gasteiger partial charge in [-0.3, -0.25) is 10.0 Å². The minimum atomic E-state index is -0.776. The van der Waals surface area contributed by atoms with Crippen LogP contribution in [0.5, 0.6) is 5.75 Å². The lowest BCUT2D eigenvalue weighted by Gasteiger charge is -2.13. The molecule has 1 aliphatic heterocycles. The highest BCUT2D eigenvalue weighted by Crippen LogP contribution is 2.33. The smallest absolute Gasteiger partial charge is 0.274 e. The van der Waals surface area contributed by atoms with Crippen molar-refractivity contribution in [2.75, 3.05) is 0 Å². The van der Waals surface area contributed by atoms with Gasteiger partial charge in [-0.05, 0) is 42.8 Å². The molecule has 130 valence electrons. The van der Waals surface area contributed by atoms with Crippen molar-refractivity contribution in [3.05, 3.63) is 88.6 Å². The highest BCUT2D eigenvalue weighted by Gasteiger charge is 2.23. The zero-order valence-corrected chi connectivity index (χ0v) is 13.7. The molecule has 0 atom stereocenters. The fourth-order valence-electron chi connectivity index (χ4n) is 3.02. The molecule has 0 bridgehead atoms. The third kappa shape index (κ3) is 2.80. The minimum absolute atomic E-state index is 0.0185. The van der Waals surface area contributed by atoms with Gasteiger partial charge in [0.25, 0.3) is 5.91 Å². The van der Waals surface area contributed by atoms with Crippen LogP contribution < -0.4 is 10.2 Å². The summed E-state index contributed by atoms with van der Waals surface area (Å²) in [5, 5.41) is 8.72. The molecule has 0 saturated carbocycles. The van der Waals surface area contributed by atoms with Gasteiger partial charge in [0.1, 0.15) is 23.0 Å². The fourth-order valence-corrected chi connectivity index (χ4v) is 3.02. The van der Waals surface area contributed by atoms with Crippen LogP contribution in [0.3, 0.4) is 0 Å². The highest BCUT2D eigenvalue weighted by atomic mass is 19.1. The summed E-state index contributed by atoms with van der Waals surface area (Å²) in [7, 11) is 0. The van der Waals surface area contributed by atoms with E-state index < -0.39 is 11.7 Å². The molecule has 0 unspecified atom stereocenters. The van der Waals surface area contributed by atoms with Crippen LogP contribution in [-0.2, 0) is 0 Å². The van der Waals surface area contributed by atoms with E-state index in [1.165, 1.54) is 17.6 Å². The average Bonchev–Trinajstić information content (AvgIpc) is 2.84. The number of aliphatic imine (C=N–C) groups is 1. The molecule has 2 aliphatic rings. The van der Waals surface area contributed by atoms with Gasteiger partial charge in [-0.25, -0.2) is 14.9 Å². The quantitative estimate of drug-likeness (QED) is 0.640. The number of para-hydroxylation sites is 1. The predicted molar refractivity (Wildman–Crippen MR) is 93.8 cm³/mol. The summed E-state index contributed by atoms with van der Waals surface area (Å²) in [6.45, 7) is 0. The molecule has 0 aromatic heterocycles. The van der Waals surface area contributed by atoms with Gasteiger partial charge >= 0.3 is 0 Å². The van der Waals surface area contributed by atoms with Crippen molar-refractivity contribution in [1.29, 1.82) is 0 Å². The van der Waals surface area contributed by atoms with Crippen LogP contribution in [0.2, 0.25) is 0 Å². The number of carbonyl (C=O) groups is 1. The second kappa shape index (κ2) is 6.57. The number of hydrogen-bond acceptors (Lipinski definition) is 4. The first-order valence-corrected chi connectivity index (χ1v) is 8.17. The van der Waals surface area contributed by atoms with Crippen molar-refractivity contribution in [3.8, 4) is 5.75 Å². The molecule has 2 N–H and O–H groups in total. The van der Waals surface area contributed by atoms with Crippen LogP contribution >= 0.6 is 0 Å². The van der Waals surface area contributed by atoms with Crippen molar-refractivity contribution >= 4 is 11.6 Å². The van der Waals surface area contributed by atoms with Crippen molar-refractivity contribution in [2.24, 2.45) is 4.99 Å². The zero-order chi connectivity index (χ0) is 18.1. The first kappa shape index (κ1) is 16.2. The Bertz CT molecular complexity index is 992. The molecule has 2 aromatic rings. The topological polar surface area (TPSA) is 70.9 Å². The van der Waals surface area contributed by atoms with E-state index in [4.69, 9.17) is 9.94 Å². The zero-order valence-electron chi connectivity index (χ0n) is 13.7. The Morgan fingerprint density at radius 2 is 2.04 bits per heavy atom. The standard InChI is InChI=1S/C20H15FN2O3/c21-15-11-12(20(24)23-25)9-10-13(15)19-14-5-1-3-7-17(14)26-18-8-4-2-6-16(18)22-19/h1-3,5-7,9-11,25H,4,8H2,(H,23,24). The predicted octanol–water partition coefficient (Wildman–Crippen LogP) is 3.74. The number of hydrogen-bond donors (Lipinski definition) is 2. The average molecular weight is 350 g/mol. The molecule has 26 heavy (non-hydrogen) atoms. The molecule has 5 nitrogen and oxygen atoms in total. The number of ether oxygens (including phenoxy) is 1. The Kier molecular flexibility index (Phi) is 4.10. The molecular weight excluding hydrogens is 335 g/mol. The van der Waals surface area contributed by atoms with E-state index in [1.54, 1.807) is 0 Å². The van der Waals surface area contributed by atoms with Gasteiger partial charge in [-0.15, -0.1) is 0 Å². The summed E-state index contributed by atoms with van der Waals surface area (Å²) in [5.74, 6) is -0.0135. The summed E-state index contributed by atoms with van der Waals surface area (Å²) in [5.41, 5.74) is 3.55. The Morgan fingerprint density at radius 3 is 2.85 bits per heavy atom. The Hall–Kier alpha value is -3.25. The summed E-state index contributed by atoms with van der Waals surface area (Å²) in [6.07, 6.45) is 5.47. The number of nitrogens with zero attached hydrogens (tertiary/aromatic N) is 1. The monoisotopic (exact) mass is 350 g/mol. The highest BCUT2D eigenvalue weighted by molar-refractivity contribution is 6.15. The molecule has 4 rings (SSSR count). The van der Waals surface area contributed by atoms with Crippen molar-refractivity contribution in [2.45, 2.75) is 12.8 Å². The Balaban J connectivity index is 1.89. The van der Waals surface area contributed by atoms with Crippen LogP contribution in [0, 0.1) is 5.82 Å². The number of benzene rings is 2. The maximum Gasteiger partial charge on any atom is 0.274 e. The van der Waals surface area contributed by atoms with Gasteiger partial charge in [0.05, 0.1) is 5.71 Å². The minimum Gasteiger partial charge on any atom is -0.459 e. The molecule has 1 aliphatic carbocycles. The van der Waals surface area contributed by atoms with E-state index in [9.17, 15) is 9.18 Å². The lowest BCUT2D eigenvalue weighted by molar-refractivity contribution is 0.0706. The summed E-state index contributed by atoms with van der Waals surface area (Å²) in [6, 6.07) is 11.3. The molecule has 0 radical (unpaired) electrons. The molecular formula is C20H15FN2O3. The van der Waals surface area contributed by atoms with E-state index in [0.717, 1.165) is 24.7 Å². The molecule has 0 spiro atoms. The van der Waals surface area contributed by atoms with Crippen molar-refractivity contribution in [3.63, 3.8) is 0 Å². The summed E-state index contributed by atoms with van der Waals surface area (Å²) >= 11 is 0. The lowest BCUT2D eigenvalue weighted by atomic mass is 9.99. The number of halogens is 1. The van der Waals surface area contributed by atoms with Gasteiger partial charge in [-0.1, -0.05) is 18.2 Å². The molecule has 6 heteroatoms. The Labute approximate surface area is 149 Å². The van der Waals surface area contributed by atoms with E-state index in [0.29, 0.717) is 22.7 Å². The largest absolute Gasteiger partial charge is 0.459 e. The molecule has 2 aromatic carbocycles. The number of carbonyl (C=O) groups excluding carboxylic acids is 1. The second-order valence-corrected chi connectivity index (χ2v) is 5.94. The summed E-state index contributed by atoms with van der Waals surface area (Å²) < 4.78 is 20.8. The van der Waals surface area contributed by atoms with Crippen LogP contribution in [0.15, 0.2) is 71.1 Å². The lowest BCUT2D eigenvalue weighted by Crippen LogP contribution is -2.19. The maximum absolute atomic E-state index is 14.8. The number of nitrogens with one attached hydrogen (secondary N) is 1. The van der Waals surface area contributed by atoms with Crippen LogP contribution in [0.1, 0.15) is 34.3 Å². The van der Waals surface area contributed by atoms with Crippen LogP contribution in [0.25, 0.3) is 0 Å². The Morgan fingerprint density at radius 1 is 1.19 bits per heavy atom. The third-order valence-corrected chi connectivity index (χ3v) is 4.30. The van der Waals surface area contributed by atoms with E-state index in [2.05, 4.69) is 4.99 Å². The molecule has 1 heterocycles. The second-order valence-electron chi connectivity index (χ2n) is 5.94. The van der Waals surface area contributed by atoms with Crippen molar-refractivity contribution < 1.29 is 19.1 Å². The van der Waals surface area contributed by atoms with Crippen molar-refractivity contribution in [1.82, 2.24) is 5.48 Å². The van der Waals surface area contributed by atoms with Gasteiger partial charge in [0.15, 0.2) is 0 Å². The number of fused-ring (bicyclic) bond motifs is 1. The number of hydroxylamine groups is 1. The number of allylic oxidation sites excluding steroid dienone is 3. The molecule has 0 fully saturated rings.